The van der Waals surface area contributed by atoms with Crippen molar-refractivity contribution in [1.82, 2.24) is 20.2 Å². The van der Waals surface area contributed by atoms with E-state index in [1.54, 1.807) is 13.1 Å². The Bertz CT molecular complexity index is 462. The average Bonchev–Trinajstić information content (AvgIpc) is 2.65. The average molecular weight is 219 g/mol. The van der Waals surface area contributed by atoms with Crippen LogP contribution < -0.4 is 5.32 Å². The van der Waals surface area contributed by atoms with Gasteiger partial charge in [0.05, 0.1) is 24.2 Å². The summed E-state index contributed by atoms with van der Waals surface area (Å²) in [5, 5.41) is 19.1. The van der Waals surface area contributed by atoms with Gasteiger partial charge in [-0.1, -0.05) is 0 Å². The van der Waals surface area contributed by atoms with Gasteiger partial charge in [-0.15, -0.1) is 0 Å². The van der Waals surface area contributed by atoms with Crippen LogP contribution in [-0.4, -0.2) is 25.3 Å². The minimum Gasteiger partial charge on any atom is -0.387 e. The van der Waals surface area contributed by atoms with Gasteiger partial charge in [0.2, 0.25) is 0 Å². The number of aromatic amines is 1. The molecule has 16 heavy (non-hydrogen) atoms. The number of hydrogen-bond acceptors (Lipinski definition) is 5. The summed E-state index contributed by atoms with van der Waals surface area (Å²) in [6.45, 7) is 3.56. The van der Waals surface area contributed by atoms with Gasteiger partial charge in [0.25, 0.3) is 0 Å². The monoisotopic (exact) mass is 219 g/mol. The van der Waals surface area contributed by atoms with Crippen molar-refractivity contribution < 1.29 is 5.11 Å². The summed E-state index contributed by atoms with van der Waals surface area (Å²) in [7, 11) is 0. The molecule has 0 unspecified atom stereocenters. The SMILES string of the molecule is Cc1cc(Nc2cnc([C@H](C)O)cn2)n[nH]1. The largest absolute Gasteiger partial charge is 0.387 e. The molecule has 0 saturated heterocycles. The molecule has 3 N–H and O–H groups in total. The predicted octanol–water partition coefficient (Wildman–Crippen LogP) is 1.31. The molecule has 6 nitrogen and oxygen atoms in total. The Morgan fingerprint density at radius 1 is 1.31 bits per heavy atom. The smallest absolute Gasteiger partial charge is 0.153 e. The van der Waals surface area contributed by atoms with Gasteiger partial charge in [0, 0.05) is 11.8 Å². The van der Waals surface area contributed by atoms with Crippen molar-refractivity contribution in [2.45, 2.75) is 20.0 Å². The molecule has 0 radical (unpaired) electrons. The molecule has 0 aliphatic carbocycles. The van der Waals surface area contributed by atoms with Crippen molar-refractivity contribution in [1.29, 1.82) is 0 Å². The number of aliphatic hydroxyl groups is 1. The first-order valence-corrected chi connectivity index (χ1v) is 4.94. The molecular formula is C10H13N5O. The molecule has 0 aromatic carbocycles. The van der Waals surface area contributed by atoms with Crippen molar-refractivity contribution in [3.63, 3.8) is 0 Å². The Hall–Kier alpha value is -1.95. The van der Waals surface area contributed by atoms with Gasteiger partial charge in [-0.3, -0.25) is 10.1 Å². The van der Waals surface area contributed by atoms with Crippen LogP contribution in [0.3, 0.4) is 0 Å². The van der Waals surface area contributed by atoms with E-state index in [0.29, 0.717) is 17.3 Å². The van der Waals surface area contributed by atoms with Gasteiger partial charge in [-0.05, 0) is 13.8 Å². The molecule has 84 valence electrons. The van der Waals surface area contributed by atoms with E-state index in [9.17, 15) is 5.11 Å². The van der Waals surface area contributed by atoms with E-state index in [2.05, 4.69) is 25.5 Å². The highest BCUT2D eigenvalue weighted by atomic mass is 16.3. The van der Waals surface area contributed by atoms with Crippen LogP contribution in [0.2, 0.25) is 0 Å². The zero-order chi connectivity index (χ0) is 11.5. The standard InChI is InChI=1S/C10H13N5O/c1-6-3-9(15-14-6)13-10-5-11-8(4-12-10)7(2)16/h3-5,7,16H,1-2H3,(H2,12,13,14,15)/t7-/m0/s1. The Morgan fingerprint density at radius 3 is 2.62 bits per heavy atom. The second kappa shape index (κ2) is 4.28. The fraction of sp³-hybridized carbons (Fsp3) is 0.300. The summed E-state index contributed by atoms with van der Waals surface area (Å²) in [5.74, 6) is 1.28. The third kappa shape index (κ3) is 2.34. The highest BCUT2D eigenvalue weighted by molar-refractivity contribution is 5.50. The zero-order valence-electron chi connectivity index (χ0n) is 9.10. The van der Waals surface area contributed by atoms with E-state index in [1.807, 2.05) is 13.0 Å². The van der Waals surface area contributed by atoms with Gasteiger partial charge in [0.1, 0.15) is 5.82 Å². The first-order valence-electron chi connectivity index (χ1n) is 4.94. The van der Waals surface area contributed by atoms with Crippen LogP contribution in [0.1, 0.15) is 24.4 Å². The summed E-state index contributed by atoms with van der Waals surface area (Å²) >= 11 is 0. The highest BCUT2D eigenvalue weighted by Crippen LogP contribution is 2.13. The van der Waals surface area contributed by atoms with Crippen molar-refractivity contribution in [3.8, 4) is 0 Å². The van der Waals surface area contributed by atoms with Gasteiger partial charge in [-0.25, -0.2) is 4.98 Å². The molecule has 2 rings (SSSR count). The van der Waals surface area contributed by atoms with Gasteiger partial charge < -0.3 is 10.4 Å². The van der Waals surface area contributed by atoms with Crippen LogP contribution in [0.15, 0.2) is 18.5 Å². The van der Waals surface area contributed by atoms with Crippen molar-refractivity contribution >= 4 is 11.6 Å². The van der Waals surface area contributed by atoms with Crippen LogP contribution in [0.25, 0.3) is 0 Å². The van der Waals surface area contributed by atoms with Gasteiger partial charge in [-0.2, -0.15) is 5.10 Å². The quantitative estimate of drug-likeness (QED) is 0.724. The summed E-state index contributed by atoms with van der Waals surface area (Å²) in [6.07, 6.45) is 2.49. The third-order valence-corrected chi connectivity index (χ3v) is 2.06. The van der Waals surface area contributed by atoms with E-state index < -0.39 is 6.10 Å². The Morgan fingerprint density at radius 2 is 2.12 bits per heavy atom. The third-order valence-electron chi connectivity index (χ3n) is 2.06. The van der Waals surface area contributed by atoms with Crippen LogP contribution in [0, 0.1) is 6.92 Å². The maximum Gasteiger partial charge on any atom is 0.153 e. The predicted molar refractivity (Wildman–Crippen MR) is 59.3 cm³/mol. The van der Waals surface area contributed by atoms with E-state index >= 15 is 0 Å². The lowest BCUT2D eigenvalue weighted by Gasteiger charge is -2.04. The summed E-state index contributed by atoms with van der Waals surface area (Å²) in [4.78, 5) is 8.19. The van der Waals surface area contributed by atoms with Gasteiger partial charge >= 0.3 is 0 Å². The Kier molecular flexibility index (Phi) is 2.82. The molecule has 0 fully saturated rings. The number of aromatic nitrogens is 4. The molecule has 0 saturated carbocycles. The maximum atomic E-state index is 9.27. The number of rotatable bonds is 3. The summed E-state index contributed by atoms with van der Waals surface area (Å²) in [6, 6.07) is 1.87. The lowest BCUT2D eigenvalue weighted by Crippen LogP contribution is -1.99. The second-order valence-electron chi connectivity index (χ2n) is 3.56. The second-order valence-corrected chi connectivity index (χ2v) is 3.56. The lowest BCUT2D eigenvalue weighted by molar-refractivity contribution is 0.194. The topological polar surface area (TPSA) is 86.7 Å². The fourth-order valence-electron chi connectivity index (χ4n) is 1.23. The molecule has 2 heterocycles. The first-order chi connectivity index (χ1) is 7.65. The molecule has 0 amide bonds. The maximum absolute atomic E-state index is 9.27. The number of aliphatic hydroxyl groups excluding tert-OH is 1. The van der Waals surface area contributed by atoms with Crippen molar-refractivity contribution in [2.75, 3.05) is 5.32 Å². The fourth-order valence-corrected chi connectivity index (χ4v) is 1.23. The number of anilines is 2. The molecule has 2 aromatic heterocycles. The highest BCUT2D eigenvalue weighted by Gasteiger charge is 2.04. The molecule has 0 aliphatic rings. The summed E-state index contributed by atoms with van der Waals surface area (Å²) < 4.78 is 0. The van der Waals surface area contributed by atoms with Crippen LogP contribution in [0.4, 0.5) is 11.6 Å². The van der Waals surface area contributed by atoms with Crippen LogP contribution >= 0.6 is 0 Å². The molecule has 1 atom stereocenters. The first kappa shape index (κ1) is 10.6. The van der Waals surface area contributed by atoms with Crippen molar-refractivity contribution in [2.24, 2.45) is 0 Å². The molecule has 6 heteroatoms. The normalized spacial score (nSPS) is 12.4. The Balaban J connectivity index is 2.11. The molecule has 0 aliphatic heterocycles. The number of nitrogens with one attached hydrogen (secondary N) is 2. The van der Waals surface area contributed by atoms with E-state index in [0.717, 1.165) is 5.69 Å². The Labute approximate surface area is 92.8 Å². The van der Waals surface area contributed by atoms with E-state index in [1.165, 1.54) is 6.20 Å². The minimum absolute atomic E-state index is 0.545. The minimum atomic E-state index is -0.603. The molecule has 0 spiro atoms. The van der Waals surface area contributed by atoms with E-state index in [4.69, 9.17) is 0 Å². The number of aryl methyl sites for hydroxylation is 1. The summed E-state index contributed by atoms with van der Waals surface area (Å²) in [5.41, 5.74) is 1.51. The van der Waals surface area contributed by atoms with Gasteiger partial charge in [0.15, 0.2) is 5.82 Å². The number of hydrogen-bond donors (Lipinski definition) is 3. The van der Waals surface area contributed by atoms with E-state index in [-0.39, 0.29) is 0 Å². The lowest BCUT2D eigenvalue weighted by atomic mass is 10.3. The van der Waals surface area contributed by atoms with Crippen molar-refractivity contribution in [3.05, 3.63) is 29.8 Å². The molecule has 2 aromatic rings. The number of H-pyrrole nitrogens is 1. The molecular weight excluding hydrogens is 206 g/mol. The van der Waals surface area contributed by atoms with Crippen LogP contribution in [0.5, 0.6) is 0 Å². The zero-order valence-corrected chi connectivity index (χ0v) is 9.10. The van der Waals surface area contributed by atoms with Crippen LogP contribution in [-0.2, 0) is 0 Å². The molecule has 0 bridgehead atoms. The number of nitrogens with zero attached hydrogens (tertiary/aromatic N) is 3.